The number of likely N-dealkylation sites (N-methyl/N-ethyl adjacent to an activating group) is 1. The van der Waals surface area contributed by atoms with Crippen LogP contribution in [0.15, 0.2) is 47.4 Å². The molecular weight excluding hydrogens is 370 g/mol. The zero-order chi connectivity index (χ0) is 19.7. The zero-order valence-electron chi connectivity index (χ0n) is 16.1. The van der Waals surface area contributed by atoms with Gasteiger partial charge in [0.05, 0.1) is 12.6 Å². The summed E-state index contributed by atoms with van der Waals surface area (Å²) in [6.45, 7) is 0.355. The molecule has 2 atom stereocenters. The number of aromatic nitrogens is 1. The molecule has 1 N–H and O–H groups in total. The van der Waals surface area contributed by atoms with Gasteiger partial charge in [0.15, 0.2) is 5.76 Å². The molecule has 4 aliphatic rings. The maximum Gasteiger partial charge on any atom is 0.245 e. The van der Waals surface area contributed by atoms with Crippen molar-refractivity contribution >= 4 is 22.7 Å². The van der Waals surface area contributed by atoms with E-state index in [1.165, 1.54) is 0 Å². The van der Waals surface area contributed by atoms with Crippen molar-refractivity contribution in [2.45, 2.75) is 31.3 Å². The quantitative estimate of drug-likeness (QED) is 0.810. The van der Waals surface area contributed by atoms with E-state index in [-0.39, 0.29) is 31.2 Å². The van der Waals surface area contributed by atoms with Crippen LogP contribution in [-0.4, -0.2) is 53.0 Å². The lowest BCUT2D eigenvalue weighted by Crippen LogP contribution is -2.62. The van der Waals surface area contributed by atoms with Gasteiger partial charge < -0.3 is 24.3 Å². The van der Waals surface area contributed by atoms with Crippen molar-refractivity contribution < 1.29 is 19.1 Å². The van der Waals surface area contributed by atoms with Crippen LogP contribution in [0.2, 0.25) is 0 Å². The van der Waals surface area contributed by atoms with Crippen molar-refractivity contribution in [3.63, 3.8) is 0 Å². The molecule has 0 bridgehead atoms. The van der Waals surface area contributed by atoms with Crippen LogP contribution in [0, 0.1) is 0 Å². The fourth-order valence-corrected chi connectivity index (χ4v) is 5.14. The summed E-state index contributed by atoms with van der Waals surface area (Å²) in [5.74, 6) is 1.61. The predicted octanol–water partition coefficient (Wildman–Crippen LogP) is 2.37. The first-order valence-electron chi connectivity index (χ1n) is 9.96. The summed E-state index contributed by atoms with van der Waals surface area (Å²) in [5.41, 5.74) is 4.26. The summed E-state index contributed by atoms with van der Waals surface area (Å²) in [6.07, 6.45) is 4.05. The highest BCUT2D eigenvalue weighted by molar-refractivity contribution is 5.97. The third-order valence-corrected chi connectivity index (χ3v) is 6.48. The number of benzene rings is 1. The van der Waals surface area contributed by atoms with E-state index < -0.39 is 6.04 Å². The normalized spacial score (nSPS) is 26.0. The molecule has 1 unspecified atom stereocenters. The molecule has 4 heterocycles. The molecule has 1 saturated heterocycles. The molecule has 3 aliphatic heterocycles. The van der Waals surface area contributed by atoms with Crippen molar-refractivity contribution in [2.24, 2.45) is 0 Å². The molecule has 1 fully saturated rings. The second-order valence-corrected chi connectivity index (χ2v) is 8.09. The van der Waals surface area contributed by atoms with Crippen LogP contribution in [0.5, 0.6) is 0 Å². The Bertz CT molecular complexity index is 1130. The molecule has 2 aromatic rings. The Balaban J connectivity index is 1.56. The van der Waals surface area contributed by atoms with Gasteiger partial charge in [-0.1, -0.05) is 18.2 Å². The van der Waals surface area contributed by atoms with Crippen molar-refractivity contribution in [1.29, 1.82) is 0 Å². The van der Waals surface area contributed by atoms with Crippen LogP contribution in [0.3, 0.4) is 0 Å². The number of H-pyrrole nitrogens is 1. The van der Waals surface area contributed by atoms with Gasteiger partial charge >= 0.3 is 0 Å². The highest BCUT2D eigenvalue weighted by Crippen LogP contribution is 2.45. The Hall–Kier alpha value is -3.22. The molecule has 1 aromatic carbocycles. The average molecular weight is 391 g/mol. The van der Waals surface area contributed by atoms with Gasteiger partial charge in [-0.25, -0.2) is 0 Å². The third kappa shape index (κ3) is 2.30. The molecular formula is C22H21N3O4. The van der Waals surface area contributed by atoms with Crippen LogP contribution in [0.1, 0.15) is 30.1 Å². The van der Waals surface area contributed by atoms with E-state index in [9.17, 15) is 9.59 Å². The largest absolute Gasteiger partial charge is 0.458 e. The Morgan fingerprint density at radius 2 is 2.00 bits per heavy atom. The van der Waals surface area contributed by atoms with Crippen LogP contribution in [0.25, 0.3) is 10.9 Å². The van der Waals surface area contributed by atoms with Crippen LogP contribution < -0.4 is 0 Å². The molecule has 148 valence electrons. The van der Waals surface area contributed by atoms with Crippen molar-refractivity contribution in [3.05, 3.63) is 58.7 Å². The Kier molecular flexibility index (Phi) is 3.39. The number of nitrogens with one attached hydrogen (secondary N) is 1. The number of ether oxygens (including phenoxy) is 2. The van der Waals surface area contributed by atoms with Crippen LogP contribution in [-0.2, 0) is 25.5 Å². The SMILES string of the molecule is CN1CC(=O)N2C(C3=CC4=C(CC3)OCO4)c3[nH]c4ccccc4c3C[C@@H]2C1=O. The number of carbonyl (C=O) groups excluding carboxylic acids is 2. The maximum atomic E-state index is 13.1. The number of para-hydroxylation sites is 1. The first kappa shape index (κ1) is 16.7. The topological polar surface area (TPSA) is 74.9 Å². The zero-order valence-corrected chi connectivity index (χ0v) is 16.1. The fraction of sp³-hybridized carbons (Fsp3) is 0.364. The van der Waals surface area contributed by atoms with Gasteiger partial charge in [0, 0.05) is 36.5 Å². The van der Waals surface area contributed by atoms with E-state index in [0.717, 1.165) is 52.1 Å². The number of fused-ring (bicyclic) bond motifs is 4. The van der Waals surface area contributed by atoms with Gasteiger partial charge in [0.2, 0.25) is 18.6 Å². The molecule has 7 nitrogen and oxygen atoms in total. The summed E-state index contributed by atoms with van der Waals surface area (Å²) in [6, 6.07) is 7.37. The highest BCUT2D eigenvalue weighted by atomic mass is 16.7. The monoisotopic (exact) mass is 391 g/mol. The van der Waals surface area contributed by atoms with E-state index in [1.54, 1.807) is 16.8 Å². The van der Waals surface area contributed by atoms with Gasteiger partial charge in [-0.2, -0.15) is 0 Å². The minimum atomic E-state index is -0.477. The minimum absolute atomic E-state index is 0.00212. The molecule has 1 aliphatic carbocycles. The Morgan fingerprint density at radius 3 is 2.90 bits per heavy atom. The van der Waals surface area contributed by atoms with E-state index in [4.69, 9.17) is 9.47 Å². The Labute approximate surface area is 167 Å². The lowest BCUT2D eigenvalue weighted by atomic mass is 9.83. The van der Waals surface area contributed by atoms with Crippen LogP contribution in [0.4, 0.5) is 0 Å². The summed E-state index contributed by atoms with van der Waals surface area (Å²) in [5, 5.41) is 1.12. The number of piperazine rings is 1. The number of carbonyl (C=O) groups is 2. The summed E-state index contributed by atoms with van der Waals surface area (Å²) in [4.78, 5) is 33.0. The lowest BCUT2D eigenvalue weighted by molar-refractivity contribution is -0.157. The molecule has 0 saturated carbocycles. The number of nitrogens with zero attached hydrogens (tertiary/aromatic N) is 2. The highest BCUT2D eigenvalue weighted by Gasteiger charge is 2.48. The lowest BCUT2D eigenvalue weighted by Gasteiger charge is -2.47. The maximum absolute atomic E-state index is 13.1. The summed E-state index contributed by atoms with van der Waals surface area (Å²) in [7, 11) is 1.71. The smallest absolute Gasteiger partial charge is 0.245 e. The third-order valence-electron chi connectivity index (χ3n) is 6.48. The second-order valence-electron chi connectivity index (χ2n) is 8.09. The number of allylic oxidation sites excluding steroid dienone is 2. The second kappa shape index (κ2) is 5.89. The van der Waals surface area contributed by atoms with Gasteiger partial charge in [-0.15, -0.1) is 0 Å². The van der Waals surface area contributed by atoms with Crippen LogP contribution >= 0.6 is 0 Å². The first-order chi connectivity index (χ1) is 14.1. The van der Waals surface area contributed by atoms with E-state index in [2.05, 4.69) is 11.1 Å². The van der Waals surface area contributed by atoms with Gasteiger partial charge in [-0.3, -0.25) is 9.59 Å². The van der Waals surface area contributed by atoms with Gasteiger partial charge in [-0.05, 0) is 29.7 Å². The summed E-state index contributed by atoms with van der Waals surface area (Å²) >= 11 is 0. The van der Waals surface area contributed by atoms with E-state index in [1.807, 2.05) is 24.3 Å². The van der Waals surface area contributed by atoms with E-state index in [0.29, 0.717) is 6.42 Å². The number of hydrogen-bond acceptors (Lipinski definition) is 4. The predicted molar refractivity (Wildman–Crippen MR) is 104 cm³/mol. The van der Waals surface area contributed by atoms with E-state index >= 15 is 0 Å². The number of hydrogen-bond donors (Lipinski definition) is 1. The van der Waals surface area contributed by atoms with Gasteiger partial charge in [0.25, 0.3) is 0 Å². The van der Waals surface area contributed by atoms with Gasteiger partial charge in [0.1, 0.15) is 11.8 Å². The minimum Gasteiger partial charge on any atom is -0.458 e. The average Bonchev–Trinajstić information content (AvgIpc) is 3.34. The number of rotatable bonds is 1. The first-order valence-corrected chi connectivity index (χ1v) is 9.96. The summed E-state index contributed by atoms with van der Waals surface area (Å²) < 4.78 is 11.2. The van der Waals surface area contributed by atoms with Crippen molar-refractivity contribution in [3.8, 4) is 0 Å². The van der Waals surface area contributed by atoms with Crippen molar-refractivity contribution in [2.75, 3.05) is 20.4 Å². The fourth-order valence-electron chi connectivity index (χ4n) is 5.14. The molecule has 29 heavy (non-hydrogen) atoms. The molecule has 1 aromatic heterocycles. The molecule has 0 spiro atoms. The molecule has 6 rings (SSSR count). The number of aromatic amines is 1. The molecule has 0 radical (unpaired) electrons. The molecule has 2 amide bonds. The Morgan fingerprint density at radius 1 is 1.14 bits per heavy atom. The van der Waals surface area contributed by atoms with Crippen molar-refractivity contribution in [1.82, 2.24) is 14.8 Å². The number of amides is 2. The standard InChI is InChI=1S/C22H21N3O4/c1-24-10-19(26)25-16(22(24)27)9-14-13-4-2-3-5-15(13)23-20(14)21(25)12-6-7-17-18(8-12)29-11-28-17/h2-5,8,16,21,23H,6-7,9-11H2,1H3/t16-,21?/m1/s1. The molecule has 7 heteroatoms.